The molecule has 2 aromatic rings. The fourth-order valence-corrected chi connectivity index (χ4v) is 2.69. The van der Waals surface area contributed by atoms with E-state index in [0.717, 1.165) is 29.8 Å². The zero-order valence-corrected chi connectivity index (χ0v) is 13.9. The Labute approximate surface area is 140 Å². The van der Waals surface area contributed by atoms with Gasteiger partial charge < -0.3 is 10.6 Å². The van der Waals surface area contributed by atoms with Crippen LogP contribution in [0.4, 0.5) is 11.6 Å². The summed E-state index contributed by atoms with van der Waals surface area (Å²) in [6.45, 7) is 5.18. The average molecular weight is 331 g/mol. The normalized spacial score (nSPS) is 13.1. The van der Waals surface area contributed by atoms with E-state index in [1.54, 1.807) is 18.3 Å². The molecule has 0 fully saturated rings. The summed E-state index contributed by atoms with van der Waals surface area (Å²) < 4.78 is 0. The monoisotopic (exact) mass is 330 g/mol. The second-order valence-electron chi connectivity index (χ2n) is 6.09. The van der Waals surface area contributed by atoms with Crippen LogP contribution >= 0.6 is 11.6 Å². The van der Waals surface area contributed by atoms with Crippen LogP contribution in [0.2, 0.25) is 5.02 Å². The summed E-state index contributed by atoms with van der Waals surface area (Å²) >= 11 is 6.04. The fourth-order valence-electron chi connectivity index (χ4n) is 2.52. The molecule has 0 saturated heterocycles. The lowest BCUT2D eigenvalue weighted by Crippen LogP contribution is -2.13. The number of benzene rings is 1. The van der Waals surface area contributed by atoms with E-state index >= 15 is 0 Å². The van der Waals surface area contributed by atoms with Crippen LogP contribution in [0.25, 0.3) is 11.3 Å². The Morgan fingerprint density at radius 2 is 2.22 bits per heavy atom. The second kappa shape index (κ2) is 6.54. The minimum absolute atomic E-state index is 0.0867. The highest BCUT2D eigenvalue weighted by Gasteiger charge is 2.21. The molecular weight excluding hydrogens is 312 g/mol. The van der Waals surface area contributed by atoms with Gasteiger partial charge >= 0.3 is 0 Å². The van der Waals surface area contributed by atoms with E-state index in [-0.39, 0.29) is 12.3 Å². The molecule has 2 heterocycles. The maximum absolute atomic E-state index is 12.0. The first kappa shape index (κ1) is 15.7. The van der Waals surface area contributed by atoms with Gasteiger partial charge in [-0.2, -0.15) is 0 Å². The van der Waals surface area contributed by atoms with Crippen LogP contribution in [-0.2, 0) is 11.2 Å². The fraction of sp³-hybridized carbons (Fsp3) is 0.353. The summed E-state index contributed by atoms with van der Waals surface area (Å²) in [6, 6.07) is 5.43. The summed E-state index contributed by atoms with van der Waals surface area (Å²) in [5, 5.41) is 6.70. The Bertz CT molecular complexity index is 745. The molecule has 0 saturated carbocycles. The van der Waals surface area contributed by atoms with E-state index in [1.807, 2.05) is 6.07 Å². The van der Waals surface area contributed by atoms with E-state index in [9.17, 15) is 4.79 Å². The van der Waals surface area contributed by atoms with E-state index in [2.05, 4.69) is 34.4 Å². The van der Waals surface area contributed by atoms with Gasteiger partial charge in [-0.1, -0.05) is 25.4 Å². The molecule has 1 aromatic heterocycles. The van der Waals surface area contributed by atoms with Gasteiger partial charge in [0.15, 0.2) is 0 Å². The molecule has 0 bridgehead atoms. The van der Waals surface area contributed by atoms with Crippen molar-refractivity contribution in [3.63, 3.8) is 0 Å². The Morgan fingerprint density at radius 3 is 3.00 bits per heavy atom. The number of halogens is 1. The van der Waals surface area contributed by atoms with E-state index in [4.69, 9.17) is 11.6 Å². The highest BCUT2D eigenvalue weighted by Crippen LogP contribution is 2.34. The van der Waals surface area contributed by atoms with Gasteiger partial charge in [0.25, 0.3) is 0 Å². The van der Waals surface area contributed by atoms with Crippen molar-refractivity contribution in [3.05, 3.63) is 35.0 Å². The van der Waals surface area contributed by atoms with Gasteiger partial charge in [0.2, 0.25) is 11.9 Å². The van der Waals surface area contributed by atoms with Crippen molar-refractivity contribution in [2.24, 2.45) is 5.92 Å². The van der Waals surface area contributed by atoms with Crippen LogP contribution in [-0.4, -0.2) is 22.4 Å². The van der Waals surface area contributed by atoms with Crippen LogP contribution in [0.3, 0.4) is 0 Å². The predicted molar refractivity (Wildman–Crippen MR) is 92.8 cm³/mol. The first-order valence-corrected chi connectivity index (χ1v) is 8.10. The molecule has 23 heavy (non-hydrogen) atoms. The minimum atomic E-state index is -0.0867. The second-order valence-corrected chi connectivity index (χ2v) is 6.53. The van der Waals surface area contributed by atoms with Crippen molar-refractivity contribution in [1.82, 2.24) is 9.97 Å². The molecule has 120 valence electrons. The maximum atomic E-state index is 12.0. The average Bonchev–Trinajstić information content (AvgIpc) is 2.61. The Morgan fingerprint density at radius 1 is 1.39 bits per heavy atom. The molecule has 0 atom stereocenters. The molecule has 0 aliphatic carbocycles. The van der Waals surface area contributed by atoms with Gasteiger partial charge in [-0.15, -0.1) is 0 Å². The van der Waals surface area contributed by atoms with E-state index in [0.29, 0.717) is 22.6 Å². The van der Waals surface area contributed by atoms with Crippen molar-refractivity contribution >= 4 is 29.1 Å². The number of aromatic nitrogens is 2. The van der Waals surface area contributed by atoms with Crippen molar-refractivity contribution in [1.29, 1.82) is 0 Å². The maximum Gasteiger partial charge on any atom is 0.228 e. The Balaban J connectivity index is 1.96. The number of rotatable bonds is 4. The molecule has 3 rings (SSSR count). The van der Waals surface area contributed by atoms with Gasteiger partial charge in [-0.05, 0) is 30.5 Å². The van der Waals surface area contributed by atoms with Crippen LogP contribution < -0.4 is 10.6 Å². The molecular formula is C17H19ClN4O. The lowest BCUT2D eigenvalue weighted by molar-refractivity contribution is -0.115. The van der Waals surface area contributed by atoms with Gasteiger partial charge in [-0.3, -0.25) is 4.79 Å². The Kier molecular flexibility index (Phi) is 4.48. The molecule has 1 aliphatic rings. The number of nitrogens with zero attached hydrogens (tertiary/aromatic N) is 2. The van der Waals surface area contributed by atoms with Crippen LogP contribution in [0.5, 0.6) is 0 Å². The van der Waals surface area contributed by atoms with Gasteiger partial charge in [0, 0.05) is 28.9 Å². The summed E-state index contributed by atoms with van der Waals surface area (Å²) in [6.07, 6.45) is 3.03. The molecule has 1 amide bonds. The van der Waals surface area contributed by atoms with E-state index < -0.39 is 0 Å². The summed E-state index contributed by atoms with van der Waals surface area (Å²) in [7, 11) is 0. The van der Waals surface area contributed by atoms with E-state index in [1.165, 1.54) is 0 Å². The van der Waals surface area contributed by atoms with Crippen molar-refractivity contribution in [2.75, 3.05) is 17.2 Å². The van der Waals surface area contributed by atoms with Crippen LogP contribution in [0.1, 0.15) is 25.8 Å². The highest BCUT2D eigenvalue weighted by atomic mass is 35.5. The largest absolute Gasteiger partial charge is 0.354 e. The number of hydrogen-bond acceptors (Lipinski definition) is 4. The lowest BCUT2D eigenvalue weighted by atomic mass is 10.1. The summed E-state index contributed by atoms with van der Waals surface area (Å²) in [5.74, 6) is 1.11. The molecule has 2 N–H and O–H groups in total. The first-order chi connectivity index (χ1) is 11.0. The number of anilines is 2. The smallest absolute Gasteiger partial charge is 0.228 e. The molecule has 1 aliphatic heterocycles. The first-order valence-electron chi connectivity index (χ1n) is 7.72. The molecule has 5 nitrogen and oxygen atoms in total. The third kappa shape index (κ3) is 3.62. The number of carbonyl (C=O) groups excluding carboxylic acids is 1. The van der Waals surface area contributed by atoms with Gasteiger partial charge in [0.1, 0.15) is 0 Å². The third-order valence-corrected chi connectivity index (χ3v) is 3.97. The molecule has 0 unspecified atom stereocenters. The predicted octanol–water partition coefficient (Wildman–Crippen LogP) is 3.75. The van der Waals surface area contributed by atoms with Crippen LogP contribution in [0.15, 0.2) is 24.4 Å². The lowest BCUT2D eigenvalue weighted by Gasteiger charge is -2.11. The van der Waals surface area contributed by atoms with Crippen molar-refractivity contribution in [2.45, 2.75) is 26.7 Å². The molecule has 0 radical (unpaired) electrons. The number of nitrogens with one attached hydrogen (secondary N) is 2. The topological polar surface area (TPSA) is 66.9 Å². The molecule has 1 aromatic carbocycles. The third-order valence-electron chi connectivity index (χ3n) is 3.73. The van der Waals surface area contributed by atoms with Gasteiger partial charge in [-0.25, -0.2) is 9.97 Å². The van der Waals surface area contributed by atoms with Crippen LogP contribution in [0, 0.1) is 5.92 Å². The quantitative estimate of drug-likeness (QED) is 0.896. The summed E-state index contributed by atoms with van der Waals surface area (Å²) in [5.41, 5.74) is 3.15. The van der Waals surface area contributed by atoms with Gasteiger partial charge in [0.05, 0.1) is 17.8 Å². The van der Waals surface area contributed by atoms with Crippen molar-refractivity contribution in [3.8, 4) is 11.3 Å². The molecule has 0 spiro atoms. The Hall–Kier alpha value is -2.14. The highest BCUT2D eigenvalue weighted by molar-refractivity contribution is 6.31. The molecule has 6 heteroatoms. The minimum Gasteiger partial charge on any atom is -0.354 e. The number of carbonyl (C=O) groups is 1. The standard InChI is InChI=1S/C17H19ClN4O/c1-10(2)5-6-19-17-20-9-11-7-15(23)21-14-8-12(18)3-4-13(14)16(11)22-17/h3-4,8-10H,5-7H2,1-2H3,(H,21,23)(H,19,20,22). The number of amides is 1. The van der Waals surface area contributed by atoms with Crippen molar-refractivity contribution < 1.29 is 4.79 Å². The zero-order chi connectivity index (χ0) is 16.4. The zero-order valence-electron chi connectivity index (χ0n) is 13.2. The number of fused-ring (bicyclic) bond motifs is 3. The SMILES string of the molecule is CC(C)CCNc1ncc2c(n1)-c1ccc(Cl)cc1NC(=O)C2. The summed E-state index contributed by atoms with van der Waals surface area (Å²) in [4.78, 5) is 21.0. The number of hydrogen-bond donors (Lipinski definition) is 2.